The van der Waals surface area contributed by atoms with E-state index in [0.717, 1.165) is 12.3 Å². The van der Waals surface area contributed by atoms with Crippen molar-refractivity contribution in [2.45, 2.75) is 17.9 Å². The van der Waals surface area contributed by atoms with Crippen LogP contribution in [0.2, 0.25) is 0 Å². The molecule has 1 unspecified atom stereocenters. The number of carboxylic acids is 1. The van der Waals surface area contributed by atoms with Crippen molar-refractivity contribution in [1.82, 2.24) is 9.71 Å². The van der Waals surface area contributed by atoms with E-state index >= 15 is 0 Å². The van der Waals surface area contributed by atoms with Crippen LogP contribution in [0.15, 0.2) is 17.2 Å². The van der Waals surface area contributed by atoms with Crippen LogP contribution < -0.4 is 4.72 Å². The van der Waals surface area contributed by atoms with Gasteiger partial charge in [-0.05, 0) is 13.0 Å². The van der Waals surface area contributed by atoms with Gasteiger partial charge in [-0.25, -0.2) is 17.9 Å². The lowest BCUT2D eigenvalue weighted by Crippen LogP contribution is -2.34. The van der Waals surface area contributed by atoms with Crippen LogP contribution in [0.5, 0.6) is 0 Å². The molecule has 8 heteroatoms. The van der Waals surface area contributed by atoms with Crippen LogP contribution in [0.4, 0.5) is 0 Å². The number of aromatic carboxylic acids is 1. The first-order valence-corrected chi connectivity index (χ1v) is 5.90. The molecule has 0 fully saturated rings. The molecule has 1 aromatic heterocycles. The fourth-order valence-corrected chi connectivity index (χ4v) is 2.25. The summed E-state index contributed by atoms with van der Waals surface area (Å²) in [6.45, 7) is 1.15. The van der Waals surface area contributed by atoms with Crippen molar-refractivity contribution in [2.24, 2.45) is 0 Å². The average Bonchev–Trinajstić information content (AvgIpc) is 2.66. The Morgan fingerprint density at radius 3 is 2.69 bits per heavy atom. The van der Waals surface area contributed by atoms with Crippen molar-refractivity contribution < 1.29 is 23.4 Å². The molecule has 0 aliphatic rings. The topological polar surface area (TPSA) is 119 Å². The fourth-order valence-electron chi connectivity index (χ4n) is 1.02. The largest absolute Gasteiger partial charge is 0.477 e. The van der Waals surface area contributed by atoms with Crippen LogP contribution >= 0.6 is 0 Å². The van der Waals surface area contributed by atoms with Crippen LogP contribution in [0, 0.1) is 0 Å². The summed E-state index contributed by atoms with van der Waals surface area (Å²) in [4.78, 5) is 12.7. The first-order chi connectivity index (χ1) is 7.36. The molecule has 0 bridgehead atoms. The molecule has 0 aliphatic heterocycles. The molecule has 0 saturated heterocycles. The number of rotatable bonds is 5. The van der Waals surface area contributed by atoms with Gasteiger partial charge in [-0.3, -0.25) is 0 Å². The van der Waals surface area contributed by atoms with Gasteiger partial charge >= 0.3 is 5.97 Å². The lowest BCUT2D eigenvalue weighted by molar-refractivity contribution is 0.0691. The Kier molecular flexibility index (Phi) is 3.68. The van der Waals surface area contributed by atoms with E-state index in [-0.39, 0.29) is 17.2 Å². The van der Waals surface area contributed by atoms with Gasteiger partial charge < -0.3 is 15.2 Å². The second-order valence-electron chi connectivity index (χ2n) is 3.26. The molecule has 1 heterocycles. The number of aromatic amines is 1. The zero-order chi connectivity index (χ0) is 12.3. The van der Waals surface area contributed by atoms with E-state index in [1.165, 1.54) is 6.92 Å². The van der Waals surface area contributed by atoms with Gasteiger partial charge in [0.1, 0.15) is 10.6 Å². The number of carboxylic acid groups (broad SMARTS) is 1. The molecular weight excluding hydrogens is 236 g/mol. The molecule has 0 amide bonds. The van der Waals surface area contributed by atoms with Gasteiger partial charge in [0, 0.05) is 12.2 Å². The molecule has 0 aliphatic carbocycles. The van der Waals surface area contributed by atoms with Crippen molar-refractivity contribution in [1.29, 1.82) is 0 Å². The number of nitrogens with one attached hydrogen (secondary N) is 2. The van der Waals surface area contributed by atoms with E-state index in [1.807, 2.05) is 0 Å². The summed E-state index contributed by atoms with van der Waals surface area (Å²) < 4.78 is 25.4. The number of aliphatic hydroxyl groups is 1. The summed E-state index contributed by atoms with van der Waals surface area (Å²) in [7, 11) is -3.79. The third kappa shape index (κ3) is 2.81. The highest BCUT2D eigenvalue weighted by molar-refractivity contribution is 7.89. The molecule has 1 aromatic rings. The van der Waals surface area contributed by atoms with Crippen molar-refractivity contribution >= 4 is 16.0 Å². The van der Waals surface area contributed by atoms with Crippen LogP contribution in [0.1, 0.15) is 17.4 Å². The van der Waals surface area contributed by atoms with Crippen molar-refractivity contribution in [3.63, 3.8) is 0 Å². The lowest BCUT2D eigenvalue weighted by atomic mass is 10.4. The molecule has 1 atom stereocenters. The highest BCUT2D eigenvalue weighted by atomic mass is 32.2. The molecule has 1 rings (SSSR count). The highest BCUT2D eigenvalue weighted by Gasteiger charge is 2.19. The standard InChI is InChI=1S/C8H12N2O5S/c1-5(4-11)10-16(14,15)6-2-7(8(12)13)9-3-6/h2-3,5,9-11H,4H2,1H3,(H,12,13). The number of H-pyrrole nitrogens is 1. The van der Waals surface area contributed by atoms with Gasteiger partial charge in [0.05, 0.1) is 6.61 Å². The van der Waals surface area contributed by atoms with Crippen LogP contribution in [-0.2, 0) is 10.0 Å². The van der Waals surface area contributed by atoms with Crippen LogP contribution in [-0.4, -0.2) is 42.2 Å². The predicted molar refractivity (Wildman–Crippen MR) is 54.6 cm³/mol. The minimum atomic E-state index is -3.79. The molecule has 0 radical (unpaired) electrons. The minimum absolute atomic E-state index is 0.176. The number of hydrogen-bond donors (Lipinski definition) is 4. The Morgan fingerprint density at radius 2 is 2.25 bits per heavy atom. The van der Waals surface area contributed by atoms with E-state index in [0.29, 0.717) is 0 Å². The Labute approximate surface area is 92.2 Å². The van der Waals surface area contributed by atoms with E-state index in [2.05, 4.69) is 9.71 Å². The summed E-state index contributed by atoms with van der Waals surface area (Å²) >= 11 is 0. The average molecular weight is 248 g/mol. The summed E-state index contributed by atoms with van der Waals surface area (Å²) in [6, 6.07) is 0.377. The first kappa shape index (κ1) is 12.7. The fraction of sp³-hybridized carbons (Fsp3) is 0.375. The maximum atomic E-state index is 11.6. The van der Waals surface area contributed by atoms with Gasteiger partial charge in [0.25, 0.3) is 0 Å². The third-order valence-corrected chi connectivity index (χ3v) is 3.40. The quantitative estimate of drug-likeness (QED) is 0.553. The van der Waals surface area contributed by atoms with Gasteiger partial charge in [-0.15, -0.1) is 0 Å². The number of hydrogen-bond acceptors (Lipinski definition) is 4. The number of sulfonamides is 1. The normalized spacial score (nSPS) is 13.6. The number of aliphatic hydroxyl groups excluding tert-OH is 1. The lowest BCUT2D eigenvalue weighted by Gasteiger charge is -2.09. The minimum Gasteiger partial charge on any atom is -0.477 e. The monoisotopic (exact) mass is 248 g/mol. The van der Waals surface area contributed by atoms with E-state index < -0.39 is 22.0 Å². The summed E-state index contributed by atoms with van der Waals surface area (Å²) in [5.41, 5.74) is -0.211. The van der Waals surface area contributed by atoms with Crippen molar-refractivity contribution in [3.05, 3.63) is 18.0 Å². The van der Waals surface area contributed by atoms with Gasteiger partial charge in [-0.2, -0.15) is 0 Å². The Bertz CT molecular complexity index is 478. The van der Waals surface area contributed by atoms with Gasteiger partial charge in [-0.1, -0.05) is 0 Å². The highest BCUT2D eigenvalue weighted by Crippen LogP contribution is 2.10. The zero-order valence-electron chi connectivity index (χ0n) is 8.47. The summed E-state index contributed by atoms with van der Waals surface area (Å²) in [5, 5.41) is 17.3. The Hall–Kier alpha value is -1.38. The second-order valence-corrected chi connectivity index (χ2v) is 4.97. The predicted octanol–water partition coefficient (Wildman–Crippen LogP) is -0.628. The molecule has 4 N–H and O–H groups in total. The Balaban J connectivity index is 2.94. The van der Waals surface area contributed by atoms with E-state index in [4.69, 9.17) is 10.2 Å². The first-order valence-electron chi connectivity index (χ1n) is 4.41. The molecule has 7 nitrogen and oxygen atoms in total. The SMILES string of the molecule is CC(CO)NS(=O)(=O)c1c[nH]c(C(=O)O)c1. The maximum absolute atomic E-state index is 11.6. The molecular formula is C8H12N2O5S. The second kappa shape index (κ2) is 4.64. The molecule has 16 heavy (non-hydrogen) atoms. The Morgan fingerprint density at radius 1 is 1.62 bits per heavy atom. The zero-order valence-corrected chi connectivity index (χ0v) is 9.28. The smallest absolute Gasteiger partial charge is 0.352 e. The van der Waals surface area contributed by atoms with Gasteiger partial charge in [0.2, 0.25) is 10.0 Å². The number of aromatic nitrogens is 1. The van der Waals surface area contributed by atoms with Gasteiger partial charge in [0.15, 0.2) is 0 Å². The van der Waals surface area contributed by atoms with Crippen LogP contribution in [0.25, 0.3) is 0 Å². The summed E-state index contributed by atoms with van der Waals surface area (Å²) in [5.74, 6) is -1.24. The third-order valence-electron chi connectivity index (χ3n) is 1.83. The maximum Gasteiger partial charge on any atom is 0.352 e. The van der Waals surface area contributed by atoms with Crippen LogP contribution in [0.3, 0.4) is 0 Å². The summed E-state index contributed by atoms with van der Waals surface area (Å²) in [6.07, 6.45) is 1.08. The molecule has 90 valence electrons. The van der Waals surface area contributed by atoms with Crippen molar-refractivity contribution in [3.8, 4) is 0 Å². The van der Waals surface area contributed by atoms with E-state index in [1.54, 1.807) is 0 Å². The molecule has 0 aromatic carbocycles. The molecule has 0 spiro atoms. The van der Waals surface area contributed by atoms with E-state index in [9.17, 15) is 13.2 Å². The molecule has 0 saturated carbocycles. The number of carbonyl (C=O) groups is 1. The van der Waals surface area contributed by atoms with Crippen molar-refractivity contribution in [2.75, 3.05) is 6.61 Å².